The van der Waals surface area contributed by atoms with E-state index in [1.165, 1.54) is 0 Å². The van der Waals surface area contributed by atoms with Crippen molar-refractivity contribution in [1.82, 2.24) is 9.97 Å². The molecule has 0 spiro atoms. The molecule has 1 aromatic heterocycles. The molecule has 0 aliphatic heterocycles. The Labute approximate surface area is 118 Å². The van der Waals surface area contributed by atoms with E-state index in [0.29, 0.717) is 0 Å². The van der Waals surface area contributed by atoms with Crippen molar-refractivity contribution in [3.05, 3.63) is 51.7 Å². The minimum absolute atomic E-state index is 0.0360. The van der Waals surface area contributed by atoms with Crippen LogP contribution in [0.25, 0.3) is 0 Å². The summed E-state index contributed by atoms with van der Waals surface area (Å²) in [6, 6.07) is 2.99. The first-order valence-corrected chi connectivity index (χ1v) is 5.88. The van der Waals surface area contributed by atoms with Crippen LogP contribution in [0.3, 0.4) is 0 Å². The fourth-order valence-electron chi connectivity index (χ4n) is 1.62. The van der Waals surface area contributed by atoms with Crippen molar-refractivity contribution < 1.29 is 13.7 Å². The van der Waals surface area contributed by atoms with E-state index in [0.717, 1.165) is 24.4 Å². The second-order valence-corrected chi connectivity index (χ2v) is 4.02. The molecule has 0 unspecified atom stereocenters. The third kappa shape index (κ3) is 3.38. The summed E-state index contributed by atoms with van der Waals surface area (Å²) in [5.41, 5.74) is -0.320. The molecule has 1 aromatic carbocycles. The Hall–Kier alpha value is -2.84. The van der Waals surface area contributed by atoms with Crippen LogP contribution in [0, 0.1) is 21.7 Å². The molecule has 7 nitrogen and oxygen atoms in total. The number of nitrogens with one attached hydrogen (secondary N) is 2. The van der Waals surface area contributed by atoms with Gasteiger partial charge in [-0.2, -0.15) is 4.98 Å². The van der Waals surface area contributed by atoms with Crippen LogP contribution in [-0.2, 0) is 6.54 Å². The summed E-state index contributed by atoms with van der Waals surface area (Å²) in [6.45, 7) is -0.148. The van der Waals surface area contributed by atoms with Gasteiger partial charge in [-0.1, -0.05) is 0 Å². The molecule has 0 atom stereocenters. The summed E-state index contributed by atoms with van der Waals surface area (Å²) in [5, 5.41) is 16.1. The van der Waals surface area contributed by atoms with Gasteiger partial charge in [-0.25, -0.2) is 13.8 Å². The number of rotatable bonds is 5. The van der Waals surface area contributed by atoms with Crippen molar-refractivity contribution in [1.29, 1.82) is 0 Å². The molecule has 0 saturated carbocycles. The molecule has 0 aliphatic rings. The molecule has 110 valence electrons. The molecular formula is C12H11F2N5O2. The lowest BCUT2D eigenvalue weighted by molar-refractivity contribution is -0.384. The van der Waals surface area contributed by atoms with Gasteiger partial charge < -0.3 is 10.6 Å². The number of hydrogen-bond donors (Lipinski definition) is 2. The van der Waals surface area contributed by atoms with Gasteiger partial charge in [-0.3, -0.25) is 10.1 Å². The zero-order valence-electron chi connectivity index (χ0n) is 10.9. The first-order chi connectivity index (χ1) is 10.0. The number of halogens is 2. The minimum atomic E-state index is -0.663. The predicted molar refractivity (Wildman–Crippen MR) is 71.9 cm³/mol. The normalized spacial score (nSPS) is 10.2. The number of nitro groups is 1. The summed E-state index contributed by atoms with van der Waals surface area (Å²) in [5.74, 6) is -1.12. The Morgan fingerprint density at radius 1 is 1.38 bits per heavy atom. The van der Waals surface area contributed by atoms with Crippen LogP contribution < -0.4 is 10.6 Å². The van der Waals surface area contributed by atoms with E-state index >= 15 is 0 Å². The van der Waals surface area contributed by atoms with Crippen molar-refractivity contribution in [3.63, 3.8) is 0 Å². The lowest BCUT2D eigenvalue weighted by Gasteiger charge is -2.08. The highest BCUT2D eigenvalue weighted by Gasteiger charge is 2.17. The maximum Gasteiger partial charge on any atom is 0.329 e. The second-order valence-electron chi connectivity index (χ2n) is 4.02. The zero-order valence-corrected chi connectivity index (χ0v) is 10.9. The van der Waals surface area contributed by atoms with E-state index in [2.05, 4.69) is 20.6 Å². The van der Waals surface area contributed by atoms with Crippen LogP contribution in [0.1, 0.15) is 5.56 Å². The number of benzene rings is 1. The number of nitrogens with zero attached hydrogens (tertiary/aromatic N) is 3. The van der Waals surface area contributed by atoms with E-state index in [1.54, 1.807) is 7.05 Å². The number of hydrogen-bond acceptors (Lipinski definition) is 6. The highest BCUT2D eigenvalue weighted by molar-refractivity contribution is 5.57. The van der Waals surface area contributed by atoms with E-state index in [4.69, 9.17) is 0 Å². The molecule has 0 amide bonds. The summed E-state index contributed by atoms with van der Waals surface area (Å²) in [6.07, 6.45) is 1.03. The van der Waals surface area contributed by atoms with E-state index in [9.17, 15) is 18.9 Å². The third-order valence-corrected chi connectivity index (χ3v) is 2.64. The standard InChI is InChI=1S/C12H11F2N5O2/c1-15-12-17-6-10(19(20)21)11(18-12)16-5-7-4-8(13)2-3-9(7)14/h2-4,6H,5H2,1H3,(H2,15,16,17,18). The highest BCUT2D eigenvalue weighted by Crippen LogP contribution is 2.23. The van der Waals surface area contributed by atoms with Crippen LogP contribution >= 0.6 is 0 Å². The first kappa shape index (κ1) is 14.6. The zero-order chi connectivity index (χ0) is 15.4. The Morgan fingerprint density at radius 2 is 2.14 bits per heavy atom. The third-order valence-electron chi connectivity index (χ3n) is 2.64. The largest absolute Gasteiger partial charge is 0.360 e. The Bertz CT molecular complexity index is 681. The molecule has 0 aliphatic carbocycles. The van der Waals surface area contributed by atoms with Crippen molar-refractivity contribution in [2.24, 2.45) is 0 Å². The van der Waals surface area contributed by atoms with Gasteiger partial charge in [-0.05, 0) is 18.2 Å². The van der Waals surface area contributed by atoms with Crippen LogP contribution in [0.2, 0.25) is 0 Å². The second kappa shape index (κ2) is 6.07. The molecule has 21 heavy (non-hydrogen) atoms. The highest BCUT2D eigenvalue weighted by atomic mass is 19.1. The van der Waals surface area contributed by atoms with Crippen molar-refractivity contribution >= 4 is 17.5 Å². The van der Waals surface area contributed by atoms with Gasteiger partial charge in [0.1, 0.15) is 17.8 Å². The minimum Gasteiger partial charge on any atom is -0.360 e. The van der Waals surface area contributed by atoms with E-state index in [-0.39, 0.29) is 29.6 Å². The van der Waals surface area contributed by atoms with Crippen LogP contribution in [0.15, 0.2) is 24.4 Å². The molecule has 1 heterocycles. The first-order valence-electron chi connectivity index (χ1n) is 5.88. The van der Waals surface area contributed by atoms with Gasteiger partial charge in [0.05, 0.1) is 4.92 Å². The fraction of sp³-hybridized carbons (Fsp3) is 0.167. The van der Waals surface area contributed by atoms with Crippen LogP contribution in [0.4, 0.5) is 26.2 Å². The average molecular weight is 295 g/mol. The molecular weight excluding hydrogens is 284 g/mol. The van der Waals surface area contributed by atoms with E-state index in [1.807, 2.05) is 0 Å². The Morgan fingerprint density at radius 3 is 2.81 bits per heavy atom. The van der Waals surface area contributed by atoms with Gasteiger partial charge in [-0.15, -0.1) is 0 Å². The fourth-order valence-corrected chi connectivity index (χ4v) is 1.62. The van der Waals surface area contributed by atoms with Crippen molar-refractivity contribution in [2.45, 2.75) is 6.54 Å². The molecule has 2 rings (SSSR count). The molecule has 0 bridgehead atoms. The molecule has 0 radical (unpaired) electrons. The summed E-state index contributed by atoms with van der Waals surface area (Å²) in [7, 11) is 1.55. The average Bonchev–Trinajstić information content (AvgIpc) is 2.47. The Balaban J connectivity index is 2.26. The predicted octanol–water partition coefficient (Wildman–Crippen LogP) is 2.32. The lowest BCUT2D eigenvalue weighted by atomic mass is 10.2. The summed E-state index contributed by atoms with van der Waals surface area (Å²) < 4.78 is 26.6. The summed E-state index contributed by atoms with van der Waals surface area (Å²) in [4.78, 5) is 17.8. The van der Waals surface area contributed by atoms with Crippen LogP contribution in [0.5, 0.6) is 0 Å². The number of anilines is 2. The van der Waals surface area contributed by atoms with Gasteiger partial charge in [0, 0.05) is 19.2 Å². The van der Waals surface area contributed by atoms with Crippen LogP contribution in [-0.4, -0.2) is 21.9 Å². The van der Waals surface area contributed by atoms with Gasteiger partial charge in [0.25, 0.3) is 0 Å². The molecule has 9 heteroatoms. The SMILES string of the molecule is CNc1ncc([N+](=O)[O-])c(NCc2cc(F)ccc2F)n1. The van der Waals surface area contributed by atoms with Crippen molar-refractivity contribution in [2.75, 3.05) is 17.7 Å². The molecule has 0 fully saturated rings. The maximum absolute atomic E-state index is 13.5. The quantitative estimate of drug-likeness (QED) is 0.649. The van der Waals surface area contributed by atoms with Gasteiger partial charge in [0.2, 0.25) is 11.8 Å². The number of aromatic nitrogens is 2. The molecule has 2 aromatic rings. The van der Waals surface area contributed by atoms with E-state index < -0.39 is 16.6 Å². The maximum atomic E-state index is 13.5. The van der Waals surface area contributed by atoms with Gasteiger partial charge >= 0.3 is 5.69 Å². The van der Waals surface area contributed by atoms with Crippen molar-refractivity contribution in [3.8, 4) is 0 Å². The molecule has 2 N–H and O–H groups in total. The molecule has 0 saturated heterocycles. The Kier molecular flexibility index (Phi) is 4.21. The summed E-state index contributed by atoms with van der Waals surface area (Å²) >= 11 is 0. The topological polar surface area (TPSA) is 93.0 Å². The lowest BCUT2D eigenvalue weighted by Crippen LogP contribution is -2.08. The monoisotopic (exact) mass is 295 g/mol. The smallest absolute Gasteiger partial charge is 0.329 e. The van der Waals surface area contributed by atoms with Gasteiger partial charge in [0.15, 0.2) is 0 Å².